The average molecular weight is 517 g/mol. The van der Waals surface area contributed by atoms with Crippen LogP contribution < -0.4 is 0 Å². The first-order valence-corrected chi connectivity index (χ1v) is 14.4. The molecule has 7 rings (SSSR count). The summed E-state index contributed by atoms with van der Waals surface area (Å²) in [6.07, 6.45) is 0. The fourth-order valence-electron chi connectivity index (χ4n) is 6.67. The molecule has 0 fully saturated rings. The van der Waals surface area contributed by atoms with Crippen LogP contribution in [0.3, 0.4) is 0 Å². The summed E-state index contributed by atoms with van der Waals surface area (Å²) in [5, 5.41) is 5.16. The maximum absolute atomic E-state index is 2.43. The monoisotopic (exact) mass is 516 g/mol. The Labute approximate surface area is 238 Å². The molecule has 0 heteroatoms. The van der Waals surface area contributed by atoms with Gasteiger partial charge in [-0.05, 0) is 114 Å². The van der Waals surface area contributed by atoms with Crippen molar-refractivity contribution in [3.8, 4) is 33.4 Å². The highest BCUT2D eigenvalue weighted by atomic mass is 14.4. The van der Waals surface area contributed by atoms with Gasteiger partial charge in [0.15, 0.2) is 0 Å². The van der Waals surface area contributed by atoms with Gasteiger partial charge in [0.1, 0.15) is 0 Å². The van der Waals surface area contributed by atoms with E-state index < -0.39 is 0 Å². The molecule has 0 amide bonds. The Morgan fingerprint density at radius 3 is 1.82 bits per heavy atom. The predicted octanol–water partition coefficient (Wildman–Crippen LogP) is 11.2. The van der Waals surface area contributed by atoms with E-state index >= 15 is 0 Å². The second-order valence-corrected chi connectivity index (χ2v) is 13.2. The molecule has 0 aromatic heterocycles. The molecule has 0 aliphatic heterocycles. The van der Waals surface area contributed by atoms with Gasteiger partial charge >= 0.3 is 0 Å². The number of hydrogen-bond acceptors (Lipinski definition) is 0. The first kappa shape index (κ1) is 24.9. The van der Waals surface area contributed by atoms with Crippen molar-refractivity contribution in [2.45, 2.75) is 52.4 Å². The summed E-state index contributed by atoms with van der Waals surface area (Å²) in [4.78, 5) is 0. The van der Waals surface area contributed by atoms with E-state index in [1.807, 2.05) is 0 Å². The number of fused-ring (bicyclic) bond motifs is 5. The fourth-order valence-corrected chi connectivity index (χ4v) is 6.67. The van der Waals surface area contributed by atoms with Gasteiger partial charge in [0.25, 0.3) is 0 Å². The first-order chi connectivity index (χ1) is 19.1. The van der Waals surface area contributed by atoms with Crippen LogP contribution in [0.5, 0.6) is 0 Å². The summed E-state index contributed by atoms with van der Waals surface area (Å²) in [5.74, 6) is 0. The lowest BCUT2D eigenvalue weighted by Gasteiger charge is -2.22. The molecule has 40 heavy (non-hydrogen) atoms. The molecule has 0 N–H and O–H groups in total. The Balaban J connectivity index is 1.26. The lowest BCUT2D eigenvalue weighted by Crippen LogP contribution is -2.14. The smallest absolute Gasteiger partial charge is 0.0159 e. The van der Waals surface area contributed by atoms with Crippen molar-refractivity contribution >= 4 is 21.5 Å². The summed E-state index contributed by atoms with van der Waals surface area (Å²) in [7, 11) is 0. The van der Waals surface area contributed by atoms with Gasteiger partial charge in [-0.1, -0.05) is 120 Å². The zero-order valence-electron chi connectivity index (χ0n) is 24.4. The van der Waals surface area contributed by atoms with E-state index in [1.54, 1.807) is 0 Å². The van der Waals surface area contributed by atoms with Crippen molar-refractivity contribution < 1.29 is 0 Å². The topological polar surface area (TPSA) is 0 Å². The van der Waals surface area contributed by atoms with E-state index in [9.17, 15) is 0 Å². The lowest BCUT2D eigenvalue weighted by atomic mass is 9.81. The summed E-state index contributed by atoms with van der Waals surface area (Å²) in [6, 6.07) is 41.3. The van der Waals surface area contributed by atoms with E-state index in [2.05, 4.69) is 151 Å². The first-order valence-electron chi connectivity index (χ1n) is 14.4. The fraction of sp³-hybridized carbons (Fsp3) is 0.200. The molecule has 1 aliphatic rings. The molecule has 1 aliphatic carbocycles. The largest absolute Gasteiger partial charge is 0.0619 e. The van der Waals surface area contributed by atoms with Gasteiger partial charge in [0, 0.05) is 5.41 Å². The van der Waals surface area contributed by atoms with Gasteiger partial charge < -0.3 is 0 Å². The minimum Gasteiger partial charge on any atom is -0.0619 e. The Kier molecular flexibility index (Phi) is 5.39. The molecule has 0 saturated heterocycles. The lowest BCUT2D eigenvalue weighted by molar-refractivity contribution is 0.591. The van der Waals surface area contributed by atoms with E-state index in [0.29, 0.717) is 0 Å². The molecule has 0 unspecified atom stereocenters. The molecule has 196 valence electrons. The van der Waals surface area contributed by atoms with E-state index in [-0.39, 0.29) is 10.8 Å². The molecule has 0 radical (unpaired) electrons. The molecular weight excluding hydrogens is 480 g/mol. The van der Waals surface area contributed by atoms with Crippen molar-refractivity contribution in [3.05, 3.63) is 131 Å². The highest BCUT2D eigenvalue weighted by Gasteiger charge is 2.35. The highest BCUT2D eigenvalue weighted by Crippen LogP contribution is 2.49. The van der Waals surface area contributed by atoms with Crippen LogP contribution in [0.2, 0.25) is 0 Å². The number of aryl methyl sites for hydroxylation is 1. The van der Waals surface area contributed by atoms with Crippen molar-refractivity contribution in [1.29, 1.82) is 0 Å². The van der Waals surface area contributed by atoms with Crippen LogP contribution in [0, 0.1) is 6.92 Å². The second kappa shape index (κ2) is 8.67. The van der Waals surface area contributed by atoms with Crippen LogP contribution in [0.1, 0.15) is 56.9 Å². The van der Waals surface area contributed by atoms with Crippen molar-refractivity contribution in [3.63, 3.8) is 0 Å². The standard InChI is InChI=1S/C40H36/c1-25-19-32-21-27(26-11-13-29-22-33(39(2,3)4)17-15-28(29)20-26)12-14-30(32)23-36(25)31-16-18-35-34-9-7-8-10-37(34)40(5,6)38(35)24-31/h7-24H,1-6H3. The third-order valence-corrected chi connectivity index (χ3v) is 9.12. The SMILES string of the molecule is Cc1cc2cc(-c3ccc4cc(C(C)(C)C)ccc4c3)ccc2cc1-c1ccc2c(c1)C(C)(C)c1ccccc1-2. The molecule has 6 aromatic rings. The number of benzene rings is 6. The van der Waals surface area contributed by atoms with Crippen LogP contribution in [-0.2, 0) is 10.8 Å². The summed E-state index contributed by atoms with van der Waals surface area (Å²) >= 11 is 0. The van der Waals surface area contributed by atoms with Gasteiger partial charge in [-0.15, -0.1) is 0 Å². The average Bonchev–Trinajstić information content (AvgIpc) is 3.17. The Hall–Kier alpha value is -4.16. The predicted molar refractivity (Wildman–Crippen MR) is 173 cm³/mol. The Morgan fingerprint density at radius 2 is 1.07 bits per heavy atom. The Morgan fingerprint density at radius 1 is 0.475 bits per heavy atom. The molecule has 0 saturated carbocycles. The van der Waals surface area contributed by atoms with E-state index in [1.165, 1.54) is 77.2 Å². The highest BCUT2D eigenvalue weighted by molar-refractivity contribution is 5.95. The van der Waals surface area contributed by atoms with Crippen LogP contribution >= 0.6 is 0 Å². The maximum atomic E-state index is 2.43. The maximum Gasteiger partial charge on any atom is 0.0159 e. The summed E-state index contributed by atoms with van der Waals surface area (Å²) in [6.45, 7) is 13.8. The quantitative estimate of drug-likeness (QED) is 0.215. The third kappa shape index (κ3) is 3.89. The molecule has 0 atom stereocenters. The van der Waals surface area contributed by atoms with Gasteiger partial charge in [-0.3, -0.25) is 0 Å². The van der Waals surface area contributed by atoms with Crippen LogP contribution in [-0.4, -0.2) is 0 Å². The molecule has 6 aromatic carbocycles. The summed E-state index contributed by atoms with van der Waals surface area (Å²) < 4.78 is 0. The Bertz CT molecular complexity index is 1960. The van der Waals surface area contributed by atoms with Gasteiger partial charge in [0.05, 0.1) is 0 Å². The van der Waals surface area contributed by atoms with Gasteiger partial charge in [0.2, 0.25) is 0 Å². The van der Waals surface area contributed by atoms with E-state index in [0.717, 1.165) is 0 Å². The van der Waals surface area contributed by atoms with E-state index in [4.69, 9.17) is 0 Å². The normalized spacial score (nSPS) is 13.9. The molecular formula is C40H36. The van der Waals surface area contributed by atoms with Gasteiger partial charge in [-0.2, -0.15) is 0 Å². The van der Waals surface area contributed by atoms with Crippen LogP contribution in [0.4, 0.5) is 0 Å². The minimum absolute atomic E-state index is 0.00968. The van der Waals surface area contributed by atoms with Gasteiger partial charge in [-0.25, -0.2) is 0 Å². The van der Waals surface area contributed by atoms with Crippen molar-refractivity contribution in [2.75, 3.05) is 0 Å². The summed E-state index contributed by atoms with van der Waals surface area (Å²) in [5.41, 5.74) is 13.6. The minimum atomic E-state index is 0.00968. The second-order valence-electron chi connectivity index (χ2n) is 13.2. The molecule has 0 heterocycles. The van der Waals surface area contributed by atoms with Crippen LogP contribution in [0.25, 0.3) is 54.9 Å². The van der Waals surface area contributed by atoms with Crippen molar-refractivity contribution in [1.82, 2.24) is 0 Å². The number of hydrogen-bond donors (Lipinski definition) is 0. The number of rotatable bonds is 2. The van der Waals surface area contributed by atoms with Crippen molar-refractivity contribution in [2.24, 2.45) is 0 Å². The molecule has 0 spiro atoms. The van der Waals surface area contributed by atoms with Crippen LogP contribution in [0.15, 0.2) is 109 Å². The molecule has 0 bridgehead atoms. The zero-order valence-corrected chi connectivity index (χ0v) is 24.4. The zero-order chi connectivity index (χ0) is 27.8. The molecule has 0 nitrogen and oxygen atoms in total. The third-order valence-electron chi connectivity index (χ3n) is 9.12.